The van der Waals surface area contributed by atoms with Crippen LogP contribution in [0.3, 0.4) is 0 Å². The van der Waals surface area contributed by atoms with Gasteiger partial charge in [0.1, 0.15) is 5.82 Å². The fourth-order valence-electron chi connectivity index (χ4n) is 2.12. The summed E-state index contributed by atoms with van der Waals surface area (Å²) in [5.74, 6) is -0.248. The summed E-state index contributed by atoms with van der Waals surface area (Å²) in [7, 11) is 3.88. The van der Waals surface area contributed by atoms with E-state index in [-0.39, 0.29) is 17.5 Å². The van der Waals surface area contributed by atoms with Crippen molar-refractivity contribution >= 4 is 5.78 Å². The lowest BCUT2D eigenvalue weighted by atomic mass is 10.1. The van der Waals surface area contributed by atoms with E-state index in [0.717, 1.165) is 18.5 Å². The molecule has 0 aromatic heterocycles. The molecule has 1 atom stereocenters. The summed E-state index contributed by atoms with van der Waals surface area (Å²) >= 11 is 0. The second-order valence-corrected chi connectivity index (χ2v) is 4.33. The second kappa shape index (κ2) is 3.74. The van der Waals surface area contributed by atoms with Crippen molar-refractivity contribution in [3.8, 4) is 0 Å². The minimum Gasteiger partial charge on any atom is -0.309 e. The van der Waals surface area contributed by atoms with Crippen LogP contribution in [0.1, 0.15) is 15.9 Å². The summed E-state index contributed by atoms with van der Waals surface area (Å²) in [6.45, 7) is 0.731. The third-order valence-corrected chi connectivity index (χ3v) is 2.76. The Labute approximate surface area is 88.7 Å². The van der Waals surface area contributed by atoms with Gasteiger partial charge in [0.05, 0.1) is 0 Å². The highest BCUT2D eigenvalue weighted by Crippen LogP contribution is 2.27. The van der Waals surface area contributed by atoms with Crippen LogP contribution in [0.4, 0.5) is 4.39 Å². The molecule has 0 amide bonds. The topological polar surface area (TPSA) is 20.3 Å². The summed E-state index contributed by atoms with van der Waals surface area (Å²) in [6.07, 6.45) is 0.743. The Morgan fingerprint density at radius 2 is 2.20 bits per heavy atom. The van der Waals surface area contributed by atoms with Crippen molar-refractivity contribution in [3.63, 3.8) is 0 Å². The highest BCUT2D eigenvalue weighted by Gasteiger charge is 2.30. The maximum absolute atomic E-state index is 13.0. The van der Waals surface area contributed by atoms with Gasteiger partial charge < -0.3 is 4.90 Å². The SMILES string of the molecule is CN(C)CC1Cc2ccc(F)cc2C1=O. The molecule has 0 heterocycles. The molecule has 0 radical (unpaired) electrons. The first-order chi connectivity index (χ1) is 7.08. The van der Waals surface area contributed by atoms with E-state index in [0.29, 0.717) is 5.56 Å². The van der Waals surface area contributed by atoms with Crippen molar-refractivity contribution in [1.82, 2.24) is 4.90 Å². The van der Waals surface area contributed by atoms with Crippen molar-refractivity contribution in [2.24, 2.45) is 5.92 Å². The first kappa shape index (κ1) is 10.3. The monoisotopic (exact) mass is 207 g/mol. The number of ketones is 1. The van der Waals surface area contributed by atoms with E-state index < -0.39 is 0 Å². The Kier molecular flexibility index (Phi) is 2.57. The number of hydrogen-bond donors (Lipinski definition) is 0. The Bertz CT molecular complexity index is 401. The van der Waals surface area contributed by atoms with Gasteiger partial charge in [0.15, 0.2) is 5.78 Å². The van der Waals surface area contributed by atoms with Crippen LogP contribution in [-0.2, 0) is 6.42 Å². The van der Waals surface area contributed by atoms with Gasteiger partial charge in [0.2, 0.25) is 0 Å². The number of benzene rings is 1. The van der Waals surface area contributed by atoms with Gasteiger partial charge in [-0.1, -0.05) is 6.07 Å². The van der Waals surface area contributed by atoms with Crippen LogP contribution in [0, 0.1) is 11.7 Å². The van der Waals surface area contributed by atoms with Crippen LogP contribution < -0.4 is 0 Å². The van der Waals surface area contributed by atoms with E-state index >= 15 is 0 Å². The molecule has 0 bridgehead atoms. The maximum Gasteiger partial charge on any atom is 0.167 e. The second-order valence-electron chi connectivity index (χ2n) is 4.33. The molecule has 15 heavy (non-hydrogen) atoms. The first-order valence-corrected chi connectivity index (χ1v) is 5.05. The highest BCUT2D eigenvalue weighted by molar-refractivity contribution is 6.02. The largest absolute Gasteiger partial charge is 0.309 e. The summed E-state index contributed by atoms with van der Waals surface area (Å²) in [6, 6.07) is 4.50. The first-order valence-electron chi connectivity index (χ1n) is 5.05. The summed E-state index contributed by atoms with van der Waals surface area (Å²) in [4.78, 5) is 13.9. The molecule has 1 aliphatic carbocycles. The van der Waals surface area contributed by atoms with Gasteiger partial charge in [-0.2, -0.15) is 0 Å². The average Bonchev–Trinajstić information content (AvgIpc) is 2.44. The Hall–Kier alpha value is -1.22. The number of hydrogen-bond acceptors (Lipinski definition) is 2. The van der Waals surface area contributed by atoms with Crippen molar-refractivity contribution in [3.05, 3.63) is 35.1 Å². The molecule has 0 N–H and O–H groups in total. The normalized spacial score (nSPS) is 19.7. The molecule has 0 aliphatic heterocycles. The van der Waals surface area contributed by atoms with Crippen LogP contribution >= 0.6 is 0 Å². The number of nitrogens with zero attached hydrogens (tertiary/aromatic N) is 1. The van der Waals surface area contributed by atoms with Crippen molar-refractivity contribution in [1.29, 1.82) is 0 Å². The lowest BCUT2D eigenvalue weighted by molar-refractivity contribution is 0.0916. The van der Waals surface area contributed by atoms with Crippen LogP contribution in [0.5, 0.6) is 0 Å². The molecule has 0 fully saturated rings. The molecule has 0 saturated heterocycles. The van der Waals surface area contributed by atoms with Crippen molar-refractivity contribution in [2.75, 3.05) is 20.6 Å². The molecule has 1 aromatic carbocycles. The van der Waals surface area contributed by atoms with E-state index in [1.165, 1.54) is 12.1 Å². The van der Waals surface area contributed by atoms with E-state index in [1.54, 1.807) is 6.07 Å². The number of fused-ring (bicyclic) bond motifs is 1. The van der Waals surface area contributed by atoms with E-state index in [2.05, 4.69) is 0 Å². The van der Waals surface area contributed by atoms with Gasteiger partial charge in [-0.05, 0) is 38.2 Å². The molecule has 0 spiro atoms. The molecule has 1 aromatic rings. The Balaban J connectivity index is 2.26. The van der Waals surface area contributed by atoms with Crippen molar-refractivity contribution < 1.29 is 9.18 Å². The molecule has 0 saturated carbocycles. The van der Waals surface area contributed by atoms with Gasteiger partial charge in [0, 0.05) is 18.0 Å². The van der Waals surface area contributed by atoms with Gasteiger partial charge in [-0.25, -0.2) is 4.39 Å². The van der Waals surface area contributed by atoms with Gasteiger partial charge in [-0.15, -0.1) is 0 Å². The average molecular weight is 207 g/mol. The lowest BCUT2D eigenvalue weighted by Crippen LogP contribution is -2.25. The molecule has 2 nitrogen and oxygen atoms in total. The molecule has 1 unspecified atom stereocenters. The number of halogens is 1. The molecule has 2 rings (SSSR count). The lowest BCUT2D eigenvalue weighted by Gasteiger charge is -2.13. The van der Waals surface area contributed by atoms with Gasteiger partial charge in [-0.3, -0.25) is 4.79 Å². The zero-order valence-electron chi connectivity index (χ0n) is 8.96. The van der Waals surface area contributed by atoms with Gasteiger partial charge in [0.25, 0.3) is 0 Å². The number of carbonyl (C=O) groups is 1. The summed E-state index contributed by atoms with van der Waals surface area (Å²) in [5, 5.41) is 0. The van der Waals surface area contributed by atoms with Gasteiger partial charge >= 0.3 is 0 Å². The smallest absolute Gasteiger partial charge is 0.167 e. The molecular weight excluding hydrogens is 193 g/mol. The molecular formula is C12H14FNO. The molecule has 1 aliphatic rings. The molecule has 3 heteroatoms. The van der Waals surface area contributed by atoms with Crippen LogP contribution in [0.15, 0.2) is 18.2 Å². The third-order valence-electron chi connectivity index (χ3n) is 2.76. The fraction of sp³-hybridized carbons (Fsp3) is 0.417. The van der Waals surface area contributed by atoms with E-state index in [1.807, 2.05) is 19.0 Å². The highest BCUT2D eigenvalue weighted by atomic mass is 19.1. The predicted molar refractivity (Wildman–Crippen MR) is 56.5 cm³/mol. The van der Waals surface area contributed by atoms with Crippen LogP contribution in [0.25, 0.3) is 0 Å². The van der Waals surface area contributed by atoms with E-state index in [9.17, 15) is 9.18 Å². The quantitative estimate of drug-likeness (QED) is 0.736. The minimum atomic E-state index is -0.326. The number of rotatable bonds is 2. The van der Waals surface area contributed by atoms with E-state index in [4.69, 9.17) is 0 Å². The van der Waals surface area contributed by atoms with Crippen LogP contribution in [0.2, 0.25) is 0 Å². The third kappa shape index (κ3) is 1.92. The minimum absolute atomic E-state index is 0.00296. The zero-order valence-corrected chi connectivity index (χ0v) is 8.96. The summed E-state index contributed by atoms with van der Waals surface area (Å²) in [5.41, 5.74) is 1.55. The zero-order chi connectivity index (χ0) is 11.0. The van der Waals surface area contributed by atoms with Crippen LogP contribution in [-0.4, -0.2) is 31.3 Å². The standard InChI is InChI=1S/C12H14FNO/c1-14(2)7-9-5-8-3-4-10(13)6-11(8)12(9)15/h3-4,6,9H,5,7H2,1-2H3. The number of Topliss-reactive ketones (excluding diaryl/α,β-unsaturated/α-hetero) is 1. The predicted octanol–water partition coefficient (Wildman–Crippen LogP) is 1.74. The maximum atomic E-state index is 13.0. The molecule has 80 valence electrons. The summed E-state index contributed by atoms with van der Waals surface area (Å²) < 4.78 is 13.0. The fourth-order valence-corrected chi connectivity index (χ4v) is 2.12. The Morgan fingerprint density at radius 3 is 2.87 bits per heavy atom. The van der Waals surface area contributed by atoms with Crippen molar-refractivity contribution in [2.45, 2.75) is 6.42 Å². The number of carbonyl (C=O) groups excluding carboxylic acids is 1. The Morgan fingerprint density at radius 1 is 1.47 bits per heavy atom.